The fourth-order valence-electron chi connectivity index (χ4n) is 1.95. The van der Waals surface area contributed by atoms with E-state index in [9.17, 15) is 17.6 Å². The van der Waals surface area contributed by atoms with Crippen LogP contribution < -0.4 is 5.73 Å². The third kappa shape index (κ3) is 3.14. The number of anilines is 1. The number of nitrogens with zero attached hydrogens (tertiary/aromatic N) is 1. The summed E-state index contributed by atoms with van der Waals surface area (Å²) in [5.74, 6) is -1.34. The second kappa shape index (κ2) is 5.96. The first-order valence-electron chi connectivity index (χ1n) is 6.11. The number of ether oxygens (including phenoxy) is 2. The number of carbonyl (C=O) groups is 1. The number of esters is 1. The van der Waals surface area contributed by atoms with Gasteiger partial charge in [-0.3, -0.25) is 0 Å². The van der Waals surface area contributed by atoms with E-state index in [4.69, 9.17) is 10.5 Å². The van der Waals surface area contributed by atoms with Crippen molar-refractivity contribution < 1.29 is 27.1 Å². The highest BCUT2D eigenvalue weighted by Crippen LogP contribution is 2.22. The van der Waals surface area contributed by atoms with Gasteiger partial charge < -0.3 is 15.2 Å². The molecule has 1 aromatic rings. The molecule has 0 aromatic heterocycles. The van der Waals surface area contributed by atoms with Crippen LogP contribution in [-0.2, 0) is 24.3 Å². The minimum absolute atomic E-state index is 0.0652. The number of halogens is 1. The summed E-state index contributed by atoms with van der Waals surface area (Å²) < 4.78 is 48.8. The molecule has 1 atom stereocenters. The van der Waals surface area contributed by atoms with Gasteiger partial charge in [0.2, 0.25) is 10.0 Å². The topological polar surface area (TPSA) is 98.9 Å². The smallest absolute Gasteiger partial charge is 0.336 e. The van der Waals surface area contributed by atoms with Crippen LogP contribution in [0.25, 0.3) is 0 Å². The molecule has 1 aliphatic heterocycles. The molecule has 0 aliphatic carbocycles. The predicted molar refractivity (Wildman–Crippen MR) is 71.3 cm³/mol. The van der Waals surface area contributed by atoms with Crippen molar-refractivity contribution in [1.82, 2.24) is 4.31 Å². The van der Waals surface area contributed by atoms with E-state index in [0.29, 0.717) is 0 Å². The first kappa shape index (κ1) is 15.7. The Morgan fingerprint density at radius 2 is 2.24 bits per heavy atom. The highest BCUT2D eigenvalue weighted by molar-refractivity contribution is 7.89. The second-order valence-electron chi connectivity index (χ2n) is 4.43. The van der Waals surface area contributed by atoms with Crippen molar-refractivity contribution in [3.05, 3.63) is 24.0 Å². The van der Waals surface area contributed by atoms with Crippen LogP contribution in [0, 0.1) is 5.82 Å². The third-order valence-electron chi connectivity index (χ3n) is 3.10. The number of sulfonamides is 1. The van der Waals surface area contributed by atoms with Crippen LogP contribution in [0.5, 0.6) is 0 Å². The van der Waals surface area contributed by atoms with Gasteiger partial charge in [0.05, 0.1) is 30.8 Å². The normalized spacial score (nSPS) is 20.2. The first-order valence-corrected chi connectivity index (χ1v) is 7.55. The van der Waals surface area contributed by atoms with Crippen LogP contribution in [0.15, 0.2) is 23.1 Å². The highest BCUT2D eigenvalue weighted by atomic mass is 32.2. The zero-order valence-electron chi connectivity index (χ0n) is 11.3. The van der Waals surface area contributed by atoms with Crippen LogP contribution in [0.2, 0.25) is 0 Å². The van der Waals surface area contributed by atoms with Gasteiger partial charge in [0, 0.05) is 6.54 Å². The Hall–Kier alpha value is -1.71. The van der Waals surface area contributed by atoms with E-state index in [0.717, 1.165) is 22.5 Å². The Morgan fingerprint density at radius 3 is 2.86 bits per heavy atom. The summed E-state index contributed by atoms with van der Waals surface area (Å²) in [5.41, 5.74) is 5.13. The molecule has 1 unspecified atom stereocenters. The lowest BCUT2D eigenvalue weighted by Gasteiger charge is -2.30. The Bertz CT molecular complexity index is 649. The molecule has 1 saturated heterocycles. The number of benzene rings is 1. The Kier molecular flexibility index (Phi) is 4.45. The van der Waals surface area contributed by atoms with Crippen molar-refractivity contribution in [2.75, 3.05) is 32.5 Å². The lowest BCUT2D eigenvalue weighted by Crippen LogP contribution is -2.48. The molecule has 0 bridgehead atoms. The van der Waals surface area contributed by atoms with Gasteiger partial charge in [0.25, 0.3) is 0 Å². The van der Waals surface area contributed by atoms with E-state index >= 15 is 0 Å². The molecule has 0 radical (unpaired) electrons. The number of nitrogens with two attached hydrogens (primary N) is 1. The number of carbonyl (C=O) groups excluding carboxylic acids is 1. The monoisotopic (exact) mass is 318 g/mol. The summed E-state index contributed by atoms with van der Waals surface area (Å²) >= 11 is 0. The standard InChI is InChI=1S/C12H15FN2O5S/c1-19-12(16)11-7-15(4-5-20-11)21(17,18)8-2-3-9(13)10(14)6-8/h2-3,6,11H,4-5,7,14H2,1H3. The van der Waals surface area contributed by atoms with E-state index < -0.39 is 27.9 Å². The van der Waals surface area contributed by atoms with Crippen LogP contribution in [0.3, 0.4) is 0 Å². The van der Waals surface area contributed by atoms with Crippen molar-refractivity contribution >= 4 is 21.7 Å². The highest BCUT2D eigenvalue weighted by Gasteiger charge is 2.34. The van der Waals surface area contributed by atoms with Gasteiger partial charge in [0.15, 0.2) is 6.10 Å². The first-order chi connectivity index (χ1) is 9.86. The van der Waals surface area contributed by atoms with Crippen molar-refractivity contribution in [3.63, 3.8) is 0 Å². The second-order valence-corrected chi connectivity index (χ2v) is 6.37. The van der Waals surface area contributed by atoms with E-state index in [1.165, 1.54) is 7.11 Å². The van der Waals surface area contributed by atoms with Crippen molar-refractivity contribution in [1.29, 1.82) is 0 Å². The molecular weight excluding hydrogens is 303 g/mol. The number of morpholine rings is 1. The molecule has 116 valence electrons. The fraction of sp³-hybridized carbons (Fsp3) is 0.417. The molecule has 2 N–H and O–H groups in total. The van der Waals surface area contributed by atoms with Gasteiger partial charge in [-0.15, -0.1) is 0 Å². The molecule has 2 rings (SSSR count). The van der Waals surface area contributed by atoms with Crippen LogP contribution in [0.1, 0.15) is 0 Å². The summed E-state index contributed by atoms with van der Waals surface area (Å²) in [6.45, 7) is -0.00489. The minimum Gasteiger partial charge on any atom is -0.467 e. The third-order valence-corrected chi connectivity index (χ3v) is 4.96. The molecule has 0 spiro atoms. The molecule has 1 fully saturated rings. The van der Waals surface area contributed by atoms with E-state index in [1.807, 2.05) is 0 Å². The lowest BCUT2D eigenvalue weighted by molar-refractivity contribution is -0.157. The number of methoxy groups -OCH3 is 1. The Morgan fingerprint density at radius 1 is 1.52 bits per heavy atom. The minimum atomic E-state index is -3.88. The van der Waals surface area contributed by atoms with E-state index in [1.54, 1.807) is 0 Å². The lowest BCUT2D eigenvalue weighted by atomic mass is 10.3. The fourth-order valence-corrected chi connectivity index (χ4v) is 3.41. The Balaban J connectivity index is 2.26. The largest absolute Gasteiger partial charge is 0.467 e. The zero-order chi connectivity index (χ0) is 15.6. The van der Waals surface area contributed by atoms with E-state index in [-0.39, 0.29) is 30.3 Å². The summed E-state index contributed by atoms with van der Waals surface area (Å²) in [6, 6.07) is 3.16. The maximum Gasteiger partial charge on any atom is 0.336 e. The molecule has 1 aromatic carbocycles. The Labute approximate surface area is 121 Å². The molecule has 1 heterocycles. The van der Waals surface area contributed by atoms with Crippen molar-refractivity contribution in [2.45, 2.75) is 11.0 Å². The van der Waals surface area contributed by atoms with E-state index in [2.05, 4.69) is 4.74 Å². The molecule has 21 heavy (non-hydrogen) atoms. The SMILES string of the molecule is COC(=O)C1CN(S(=O)(=O)c2ccc(F)c(N)c2)CCO1. The van der Waals surface area contributed by atoms with Gasteiger partial charge in [-0.05, 0) is 18.2 Å². The maximum atomic E-state index is 13.1. The van der Waals surface area contributed by atoms with Gasteiger partial charge in [-0.25, -0.2) is 17.6 Å². The van der Waals surface area contributed by atoms with Crippen molar-refractivity contribution in [3.8, 4) is 0 Å². The number of hydrogen-bond donors (Lipinski definition) is 1. The predicted octanol–water partition coefficient (Wildman–Crippen LogP) is -0.0296. The molecule has 0 saturated carbocycles. The zero-order valence-corrected chi connectivity index (χ0v) is 12.1. The number of nitrogen functional groups attached to an aromatic ring is 1. The van der Waals surface area contributed by atoms with Crippen molar-refractivity contribution in [2.24, 2.45) is 0 Å². The van der Waals surface area contributed by atoms with Gasteiger partial charge >= 0.3 is 5.97 Å². The molecule has 9 heteroatoms. The van der Waals surface area contributed by atoms with Gasteiger partial charge in [-0.1, -0.05) is 0 Å². The van der Waals surface area contributed by atoms with Crippen LogP contribution >= 0.6 is 0 Å². The quantitative estimate of drug-likeness (QED) is 0.621. The maximum absolute atomic E-state index is 13.1. The summed E-state index contributed by atoms with van der Waals surface area (Å²) in [7, 11) is -2.68. The molecule has 0 amide bonds. The van der Waals surface area contributed by atoms with Gasteiger partial charge in [-0.2, -0.15) is 4.31 Å². The number of rotatable bonds is 3. The van der Waals surface area contributed by atoms with Gasteiger partial charge in [0.1, 0.15) is 5.82 Å². The molecular formula is C12H15FN2O5S. The summed E-state index contributed by atoms with van der Waals surface area (Å²) in [6.07, 6.45) is -0.976. The molecule has 7 nitrogen and oxygen atoms in total. The number of hydrogen-bond acceptors (Lipinski definition) is 6. The summed E-state index contributed by atoms with van der Waals surface area (Å²) in [5, 5.41) is 0. The average Bonchev–Trinajstić information content (AvgIpc) is 2.49. The van der Waals surface area contributed by atoms with Crippen LogP contribution in [0.4, 0.5) is 10.1 Å². The van der Waals surface area contributed by atoms with Crippen LogP contribution in [-0.4, -0.2) is 51.6 Å². The molecule has 1 aliphatic rings. The average molecular weight is 318 g/mol. The summed E-state index contributed by atoms with van der Waals surface area (Å²) in [4.78, 5) is 11.3.